The summed E-state index contributed by atoms with van der Waals surface area (Å²) in [4.78, 5) is 49.8. The average Bonchev–Trinajstić information content (AvgIpc) is 2.98. The normalized spacial score (nSPS) is 22.8. The number of benzene rings is 2. The van der Waals surface area contributed by atoms with Crippen molar-refractivity contribution in [3.63, 3.8) is 0 Å². The first-order chi connectivity index (χ1) is 21.2. The molecular weight excluding hydrogens is 620 g/mol. The van der Waals surface area contributed by atoms with Gasteiger partial charge in [-0.25, -0.2) is 8.98 Å². The molecule has 0 amide bonds. The summed E-state index contributed by atoms with van der Waals surface area (Å²) in [6.45, 7) is 0.993. The van der Waals surface area contributed by atoms with Crippen molar-refractivity contribution in [2.24, 2.45) is 0 Å². The Hall–Kier alpha value is -3.93. The van der Waals surface area contributed by atoms with Crippen molar-refractivity contribution in [1.82, 2.24) is 0 Å². The van der Waals surface area contributed by atoms with Gasteiger partial charge in [-0.3, -0.25) is 18.9 Å². The SMILES string of the molecule is CC(=O)O[C@H]1[C@H]([C@H](OC(C)=O)[C@@H](COS(=O)(=O)O)OC(=O)c2ccccc2)O[C@](CO)(OCc2ccccc2)C[C@@H]1OC(C)=O. The van der Waals surface area contributed by atoms with Gasteiger partial charge >= 0.3 is 34.3 Å². The van der Waals surface area contributed by atoms with Crippen LogP contribution in [0, 0.1) is 0 Å². The van der Waals surface area contributed by atoms with E-state index >= 15 is 0 Å². The van der Waals surface area contributed by atoms with Gasteiger partial charge in [-0.15, -0.1) is 0 Å². The molecule has 1 fully saturated rings. The van der Waals surface area contributed by atoms with Gasteiger partial charge in [-0.05, 0) is 17.7 Å². The Bertz CT molecular complexity index is 1420. The van der Waals surface area contributed by atoms with E-state index in [2.05, 4.69) is 4.18 Å². The number of hydrogen-bond acceptors (Lipinski definition) is 14. The molecule has 2 aromatic carbocycles. The van der Waals surface area contributed by atoms with Crippen LogP contribution in [0.5, 0.6) is 0 Å². The molecule has 0 bridgehead atoms. The minimum absolute atomic E-state index is 0.00529. The first-order valence-corrected chi connectivity index (χ1v) is 14.9. The second-order valence-corrected chi connectivity index (χ2v) is 11.0. The Morgan fingerprint density at radius 3 is 2.04 bits per heavy atom. The molecule has 2 aromatic rings. The van der Waals surface area contributed by atoms with E-state index in [0.717, 1.165) is 20.8 Å². The standard InChI is InChI=1S/C29H34O15S/c1-18(31)40-23-14-29(17-30,38-15-21-10-6-4-7-11-21)44-27(25(23)41-19(2)32)26(42-20(3)33)24(16-39-45(35,36)37)43-28(34)22-12-8-5-9-13-22/h4-13,23-27,30H,14-17H2,1-3H3,(H,35,36,37)/t23-,24+,25+,26+,27+,29+/m0/s1. The number of carbonyl (C=O) groups is 4. The van der Waals surface area contributed by atoms with Crippen LogP contribution in [-0.2, 0) is 64.0 Å². The largest absolute Gasteiger partial charge is 0.458 e. The van der Waals surface area contributed by atoms with Crippen molar-refractivity contribution in [1.29, 1.82) is 0 Å². The van der Waals surface area contributed by atoms with E-state index in [1.165, 1.54) is 24.3 Å². The molecule has 45 heavy (non-hydrogen) atoms. The monoisotopic (exact) mass is 654 g/mol. The van der Waals surface area contributed by atoms with Gasteiger partial charge in [0.15, 0.2) is 24.1 Å². The van der Waals surface area contributed by atoms with Gasteiger partial charge in [0.25, 0.3) is 0 Å². The highest BCUT2D eigenvalue weighted by molar-refractivity contribution is 7.80. The molecule has 0 unspecified atom stereocenters. The molecule has 3 rings (SSSR count). The van der Waals surface area contributed by atoms with Gasteiger partial charge in [0.2, 0.25) is 0 Å². The second-order valence-electron chi connectivity index (χ2n) is 9.95. The van der Waals surface area contributed by atoms with E-state index in [4.69, 9.17) is 28.4 Å². The molecule has 2 N–H and O–H groups in total. The summed E-state index contributed by atoms with van der Waals surface area (Å²) < 4.78 is 70.9. The molecule has 1 saturated heterocycles. The third-order valence-electron chi connectivity index (χ3n) is 6.40. The van der Waals surface area contributed by atoms with Gasteiger partial charge in [-0.2, -0.15) is 8.42 Å². The zero-order valence-corrected chi connectivity index (χ0v) is 25.4. The van der Waals surface area contributed by atoms with Crippen LogP contribution in [0.25, 0.3) is 0 Å². The zero-order valence-electron chi connectivity index (χ0n) is 24.6. The van der Waals surface area contributed by atoms with Crippen LogP contribution >= 0.6 is 0 Å². The smallest absolute Gasteiger partial charge is 0.397 e. The van der Waals surface area contributed by atoms with E-state index in [1.807, 2.05) is 0 Å². The minimum Gasteiger partial charge on any atom is -0.458 e. The van der Waals surface area contributed by atoms with Gasteiger partial charge in [0, 0.05) is 27.2 Å². The Kier molecular flexibility index (Phi) is 12.5. The maximum absolute atomic E-state index is 13.1. The molecule has 15 nitrogen and oxygen atoms in total. The lowest BCUT2D eigenvalue weighted by atomic mass is 9.90. The number of aliphatic hydroxyl groups excluding tert-OH is 1. The predicted octanol–water partition coefficient (Wildman–Crippen LogP) is 1.52. The highest BCUT2D eigenvalue weighted by Gasteiger charge is 2.56. The Morgan fingerprint density at radius 2 is 1.51 bits per heavy atom. The summed E-state index contributed by atoms with van der Waals surface area (Å²) in [5.41, 5.74) is 0.662. The van der Waals surface area contributed by atoms with E-state index < -0.39 is 83.8 Å². The number of hydrogen-bond donors (Lipinski definition) is 2. The summed E-state index contributed by atoms with van der Waals surface area (Å²) >= 11 is 0. The van der Waals surface area contributed by atoms with Crippen LogP contribution < -0.4 is 0 Å². The predicted molar refractivity (Wildman–Crippen MR) is 150 cm³/mol. The van der Waals surface area contributed by atoms with Gasteiger partial charge in [0.05, 0.1) is 18.8 Å². The Morgan fingerprint density at radius 1 is 0.911 bits per heavy atom. The number of carbonyl (C=O) groups excluding carboxylic acids is 4. The first-order valence-electron chi connectivity index (χ1n) is 13.6. The van der Waals surface area contributed by atoms with E-state index in [0.29, 0.717) is 5.56 Å². The van der Waals surface area contributed by atoms with E-state index in [9.17, 15) is 37.3 Å². The van der Waals surface area contributed by atoms with Crippen LogP contribution in [0.4, 0.5) is 0 Å². The number of esters is 4. The van der Waals surface area contributed by atoms with Crippen molar-refractivity contribution in [2.45, 2.75) is 70.1 Å². The summed E-state index contributed by atoms with van der Waals surface area (Å²) in [7, 11) is -5.13. The van der Waals surface area contributed by atoms with Crippen molar-refractivity contribution < 1.29 is 69.9 Å². The molecule has 16 heteroatoms. The van der Waals surface area contributed by atoms with Crippen LogP contribution in [0.1, 0.15) is 43.1 Å². The van der Waals surface area contributed by atoms with Crippen molar-refractivity contribution in [2.75, 3.05) is 13.2 Å². The van der Waals surface area contributed by atoms with Crippen LogP contribution in [0.15, 0.2) is 60.7 Å². The number of rotatable bonds is 14. The first kappa shape index (κ1) is 35.5. The molecule has 1 aliphatic heterocycles. The lowest BCUT2D eigenvalue weighted by Crippen LogP contribution is -2.65. The highest BCUT2D eigenvalue weighted by Crippen LogP contribution is 2.38. The van der Waals surface area contributed by atoms with Gasteiger partial charge in [-0.1, -0.05) is 48.5 Å². The molecule has 1 aliphatic rings. The fraction of sp³-hybridized carbons (Fsp3) is 0.448. The second kappa shape index (κ2) is 15.9. The van der Waals surface area contributed by atoms with Gasteiger partial charge < -0.3 is 33.5 Å². The summed E-state index contributed by atoms with van der Waals surface area (Å²) in [6, 6.07) is 16.1. The molecule has 1 heterocycles. The molecule has 0 aliphatic carbocycles. The van der Waals surface area contributed by atoms with Gasteiger partial charge in [0.1, 0.15) is 18.8 Å². The molecule has 0 aromatic heterocycles. The number of ether oxygens (including phenoxy) is 6. The van der Waals surface area contributed by atoms with E-state index in [-0.39, 0.29) is 18.6 Å². The van der Waals surface area contributed by atoms with Crippen molar-refractivity contribution in [3.8, 4) is 0 Å². The fourth-order valence-corrected chi connectivity index (χ4v) is 4.92. The molecule has 0 saturated carbocycles. The summed E-state index contributed by atoms with van der Waals surface area (Å²) in [6.07, 6.45) is -8.84. The minimum atomic E-state index is -5.13. The maximum atomic E-state index is 13.1. The van der Waals surface area contributed by atoms with E-state index in [1.54, 1.807) is 36.4 Å². The van der Waals surface area contributed by atoms with Crippen LogP contribution in [-0.4, -0.2) is 91.5 Å². The lowest BCUT2D eigenvalue weighted by Gasteiger charge is -2.48. The lowest BCUT2D eigenvalue weighted by molar-refractivity contribution is -0.350. The highest BCUT2D eigenvalue weighted by atomic mass is 32.3. The van der Waals surface area contributed by atoms with Crippen molar-refractivity contribution in [3.05, 3.63) is 71.8 Å². The molecule has 246 valence electrons. The Labute approximate surface area is 259 Å². The quantitative estimate of drug-likeness (QED) is 0.168. The van der Waals surface area contributed by atoms with Crippen LogP contribution in [0.3, 0.4) is 0 Å². The third kappa shape index (κ3) is 10.9. The molecule has 0 radical (unpaired) electrons. The van der Waals surface area contributed by atoms with Crippen molar-refractivity contribution >= 4 is 34.3 Å². The average molecular weight is 655 g/mol. The topological polar surface area (TPSA) is 207 Å². The summed E-state index contributed by atoms with van der Waals surface area (Å²) in [5.74, 6) is -5.72. The third-order valence-corrected chi connectivity index (χ3v) is 6.83. The zero-order chi connectivity index (χ0) is 33.2. The number of aliphatic hydroxyl groups is 1. The fourth-order valence-electron chi connectivity index (χ4n) is 4.61. The molecular formula is C29H34O15S. The maximum Gasteiger partial charge on any atom is 0.397 e. The summed E-state index contributed by atoms with van der Waals surface area (Å²) in [5, 5.41) is 10.5. The Balaban J connectivity index is 2.12. The molecule has 6 atom stereocenters. The molecule has 0 spiro atoms. The van der Waals surface area contributed by atoms with Crippen LogP contribution in [0.2, 0.25) is 0 Å².